The summed E-state index contributed by atoms with van der Waals surface area (Å²) in [7, 11) is 5.46. The van der Waals surface area contributed by atoms with Crippen LogP contribution >= 0.6 is 0 Å². The number of amides is 1. The Balaban J connectivity index is 1.64. The number of halogens is 1. The lowest BCUT2D eigenvalue weighted by Crippen LogP contribution is -2.27. The number of hydrogen-bond donors (Lipinski definition) is 1. The molecule has 10 nitrogen and oxygen atoms in total. The summed E-state index contributed by atoms with van der Waals surface area (Å²) >= 11 is 0. The minimum atomic E-state index is -0.453. The van der Waals surface area contributed by atoms with Gasteiger partial charge in [0.2, 0.25) is 0 Å². The highest BCUT2D eigenvalue weighted by atomic mass is 19.1. The molecule has 0 saturated carbocycles. The monoisotopic (exact) mass is 488 g/mol. The summed E-state index contributed by atoms with van der Waals surface area (Å²) in [5, 5.41) is 12.4. The van der Waals surface area contributed by atoms with Crippen molar-refractivity contribution in [1.82, 2.24) is 39.6 Å². The Morgan fingerprint density at radius 2 is 2.06 bits per heavy atom. The molecule has 0 bridgehead atoms. The fourth-order valence-corrected chi connectivity index (χ4v) is 4.03. The second kappa shape index (κ2) is 9.70. The van der Waals surface area contributed by atoms with E-state index >= 15 is 0 Å². The van der Waals surface area contributed by atoms with Gasteiger partial charge in [-0.3, -0.25) is 9.78 Å². The number of aromatic nitrogens is 6. The molecular formula is C25H25FN8O2. The molecule has 4 aromatic heterocycles. The lowest BCUT2D eigenvalue weighted by atomic mass is 10.1. The van der Waals surface area contributed by atoms with E-state index in [9.17, 15) is 9.18 Å². The van der Waals surface area contributed by atoms with E-state index in [0.717, 1.165) is 13.0 Å². The molecule has 11 heteroatoms. The third kappa shape index (κ3) is 4.36. The van der Waals surface area contributed by atoms with E-state index in [2.05, 4.69) is 25.5 Å². The number of carbonyl (C=O) groups is 1. The van der Waals surface area contributed by atoms with Crippen LogP contribution in [0.2, 0.25) is 0 Å². The van der Waals surface area contributed by atoms with Gasteiger partial charge in [-0.2, -0.15) is 10.2 Å². The molecule has 36 heavy (non-hydrogen) atoms. The molecule has 1 amide bonds. The van der Waals surface area contributed by atoms with Gasteiger partial charge in [0.25, 0.3) is 5.91 Å². The van der Waals surface area contributed by atoms with Gasteiger partial charge in [0.1, 0.15) is 17.3 Å². The average Bonchev–Trinajstić information content (AvgIpc) is 3.48. The van der Waals surface area contributed by atoms with E-state index in [-0.39, 0.29) is 11.6 Å². The number of pyridine rings is 1. The van der Waals surface area contributed by atoms with Gasteiger partial charge < -0.3 is 15.0 Å². The quantitative estimate of drug-likeness (QED) is 0.335. The fourth-order valence-electron chi connectivity index (χ4n) is 4.03. The number of ether oxygens (including phenoxy) is 1. The van der Waals surface area contributed by atoms with Crippen LogP contribution in [0.15, 0.2) is 55.1 Å². The SMILES string of the molecule is COc1ccc(F)cc1-n1nc(C(=O)NCCCN(C)C)c2cnc(-c3cnn4cccnc34)cc21. The second-order valence-electron chi connectivity index (χ2n) is 8.52. The van der Waals surface area contributed by atoms with Crippen LogP contribution in [0.5, 0.6) is 5.75 Å². The molecule has 0 radical (unpaired) electrons. The molecule has 5 aromatic rings. The summed E-state index contributed by atoms with van der Waals surface area (Å²) in [6.07, 6.45) is 7.54. The molecule has 0 fully saturated rings. The molecule has 4 heterocycles. The average molecular weight is 489 g/mol. The van der Waals surface area contributed by atoms with Gasteiger partial charge in [0, 0.05) is 31.2 Å². The highest BCUT2D eigenvalue weighted by Gasteiger charge is 2.22. The number of benzene rings is 1. The Kier molecular flexibility index (Phi) is 6.30. The van der Waals surface area contributed by atoms with Crippen molar-refractivity contribution in [3.8, 4) is 22.7 Å². The molecule has 0 spiro atoms. The van der Waals surface area contributed by atoms with Crippen LogP contribution in [-0.2, 0) is 0 Å². The zero-order valence-electron chi connectivity index (χ0n) is 20.1. The van der Waals surface area contributed by atoms with Gasteiger partial charge in [0.15, 0.2) is 11.3 Å². The number of hydrogen-bond acceptors (Lipinski definition) is 7. The molecule has 0 atom stereocenters. The summed E-state index contributed by atoms with van der Waals surface area (Å²) in [4.78, 5) is 24.1. The van der Waals surface area contributed by atoms with Gasteiger partial charge in [-0.05, 0) is 51.3 Å². The minimum absolute atomic E-state index is 0.193. The molecule has 184 valence electrons. The van der Waals surface area contributed by atoms with Gasteiger partial charge in [0.05, 0.1) is 35.5 Å². The molecular weight excluding hydrogens is 463 g/mol. The summed E-state index contributed by atoms with van der Waals surface area (Å²) in [5.74, 6) is -0.375. The highest BCUT2D eigenvalue weighted by molar-refractivity contribution is 6.05. The first-order valence-electron chi connectivity index (χ1n) is 11.4. The molecule has 0 aliphatic rings. The van der Waals surface area contributed by atoms with Gasteiger partial charge in [-0.25, -0.2) is 18.6 Å². The van der Waals surface area contributed by atoms with Crippen molar-refractivity contribution in [2.75, 3.05) is 34.3 Å². The largest absolute Gasteiger partial charge is 0.494 e. The fraction of sp³-hybridized carbons (Fsp3) is 0.240. The van der Waals surface area contributed by atoms with Crippen LogP contribution in [0.1, 0.15) is 16.9 Å². The van der Waals surface area contributed by atoms with Gasteiger partial charge in [-0.15, -0.1) is 0 Å². The van der Waals surface area contributed by atoms with Crippen molar-refractivity contribution in [1.29, 1.82) is 0 Å². The van der Waals surface area contributed by atoms with Crippen LogP contribution in [0.25, 0.3) is 33.5 Å². The number of fused-ring (bicyclic) bond motifs is 2. The maximum Gasteiger partial charge on any atom is 0.272 e. The standard InChI is InChI=1S/C25H25FN8O2/c1-32(2)10-4-9-28-25(35)23-18-14-29-19(17-15-30-33-11-5-8-27-24(17)33)13-20(18)34(31-23)21-12-16(26)6-7-22(21)36-3/h5-8,11-15H,4,9-10H2,1-3H3,(H,28,35). The second-order valence-corrected chi connectivity index (χ2v) is 8.52. The summed E-state index contributed by atoms with van der Waals surface area (Å²) in [6.45, 7) is 1.34. The van der Waals surface area contributed by atoms with E-state index in [4.69, 9.17) is 4.74 Å². The predicted molar refractivity (Wildman–Crippen MR) is 133 cm³/mol. The van der Waals surface area contributed by atoms with Crippen molar-refractivity contribution in [2.45, 2.75) is 6.42 Å². The number of carbonyl (C=O) groups excluding carboxylic acids is 1. The molecule has 0 aliphatic heterocycles. The summed E-state index contributed by atoms with van der Waals surface area (Å²) in [5.41, 5.74) is 3.06. The smallest absolute Gasteiger partial charge is 0.272 e. The van der Waals surface area contributed by atoms with E-state index in [0.29, 0.717) is 45.8 Å². The molecule has 0 saturated heterocycles. The number of nitrogens with one attached hydrogen (secondary N) is 1. The summed E-state index contributed by atoms with van der Waals surface area (Å²) < 4.78 is 22.9. The third-order valence-electron chi connectivity index (χ3n) is 5.77. The molecule has 1 aromatic carbocycles. The van der Waals surface area contributed by atoms with Crippen molar-refractivity contribution < 1.29 is 13.9 Å². The topological polar surface area (TPSA) is 102 Å². The Bertz CT molecular complexity index is 1560. The van der Waals surface area contributed by atoms with Crippen LogP contribution in [0.4, 0.5) is 4.39 Å². The number of nitrogens with zero attached hydrogens (tertiary/aromatic N) is 7. The Hall–Kier alpha value is -4.38. The van der Waals surface area contributed by atoms with Crippen molar-refractivity contribution in [2.24, 2.45) is 0 Å². The highest BCUT2D eigenvalue weighted by Crippen LogP contribution is 2.31. The van der Waals surface area contributed by atoms with Crippen LogP contribution in [0, 0.1) is 5.82 Å². The first-order chi connectivity index (χ1) is 17.5. The van der Waals surface area contributed by atoms with Crippen LogP contribution < -0.4 is 10.1 Å². The predicted octanol–water partition coefficient (Wildman–Crippen LogP) is 2.96. The minimum Gasteiger partial charge on any atom is -0.494 e. The Morgan fingerprint density at radius 3 is 2.86 bits per heavy atom. The number of rotatable bonds is 8. The maximum absolute atomic E-state index is 14.3. The van der Waals surface area contributed by atoms with Crippen LogP contribution in [-0.4, -0.2) is 74.5 Å². The van der Waals surface area contributed by atoms with Crippen LogP contribution in [0.3, 0.4) is 0 Å². The molecule has 0 unspecified atom stereocenters. The molecule has 5 rings (SSSR count). The first kappa shape index (κ1) is 23.4. The van der Waals surface area contributed by atoms with E-state index in [1.165, 1.54) is 30.0 Å². The zero-order chi connectivity index (χ0) is 25.2. The zero-order valence-corrected chi connectivity index (χ0v) is 20.1. The van der Waals surface area contributed by atoms with E-state index in [1.807, 2.05) is 19.0 Å². The van der Waals surface area contributed by atoms with Crippen molar-refractivity contribution in [3.05, 3.63) is 66.6 Å². The van der Waals surface area contributed by atoms with Gasteiger partial charge in [-0.1, -0.05) is 0 Å². The Labute approximate surface area is 206 Å². The Morgan fingerprint density at radius 1 is 1.19 bits per heavy atom. The van der Waals surface area contributed by atoms with Gasteiger partial charge >= 0.3 is 0 Å². The lowest BCUT2D eigenvalue weighted by Gasteiger charge is -2.10. The van der Waals surface area contributed by atoms with Crippen molar-refractivity contribution >= 4 is 22.5 Å². The third-order valence-corrected chi connectivity index (χ3v) is 5.77. The van der Waals surface area contributed by atoms with E-state index in [1.54, 1.807) is 41.4 Å². The molecule has 1 N–H and O–H groups in total. The normalized spacial score (nSPS) is 11.5. The first-order valence-corrected chi connectivity index (χ1v) is 11.4. The molecule has 0 aliphatic carbocycles. The van der Waals surface area contributed by atoms with Crippen molar-refractivity contribution in [3.63, 3.8) is 0 Å². The lowest BCUT2D eigenvalue weighted by molar-refractivity contribution is 0.0948. The summed E-state index contributed by atoms with van der Waals surface area (Å²) in [6, 6.07) is 7.73. The van der Waals surface area contributed by atoms with E-state index < -0.39 is 5.82 Å². The number of methoxy groups -OCH3 is 1. The maximum atomic E-state index is 14.3.